The molecule has 9 nitrogen and oxygen atoms in total. The van der Waals surface area contributed by atoms with E-state index in [0.29, 0.717) is 48.6 Å². The molecule has 1 N–H and O–H groups in total. The SMILES string of the molecule is C#Cc1ccc(-c2nnc(N[C@@H]3CCCN(C(=O)OC(C)(C)C)C3)nc2C2CC2)c(OCOCC)c1. The fourth-order valence-electron chi connectivity index (χ4n) is 4.12. The van der Waals surface area contributed by atoms with Gasteiger partial charge in [-0.15, -0.1) is 16.6 Å². The number of nitrogens with one attached hydrogen (secondary N) is 1. The first-order valence-electron chi connectivity index (χ1n) is 12.6. The van der Waals surface area contributed by atoms with E-state index >= 15 is 0 Å². The van der Waals surface area contributed by atoms with E-state index in [1.54, 1.807) is 4.90 Å². The fraction of sp³-hybridized carbons (Fsp3) is 0.556. The number of amides is 1. The molecule has 1 atom stereocenters. The average molecular weight is 494 g/mol. The molecule has 2 fully saturated rings. The second-order valence-corrected chi connectivity index (χ2v) is 10.2. The van der Waals surface area contributed by atoms with Crippen molar-refractivity contribution in [1.29, 1.82) is 0 Å². The van der Waals surface area contributed by atoms with Crippen molar-refractivity contribution in [3.8, 4) is 29.4 Å². The van der Waals surface area contributed by atoms with Gasteiger partial charge in [0, 0.05) is 42.8 Å². The van der Waals surface area contributed by atoms with Crippen LogP contribution in [0.4, 0.5) is 10.7 Å². The van der Waals surface area contributed by atoms with Crippen LogP contribution in [0.2, 0.25) is 0 Å². The van der Waals surface area contributed by atoms with Crippen LogP contribution in [0.15, 0.2) is 18.2 Å². The molecule has 0 unspecified atom stereocenters. The molecule has 2 aliphatic rings. The zero-order valence-electron chi connectivity index (χ0n) is 21.5. The lowest BCUT2D eigenvalue weighted by Gasteiger charge is -2.34. The number of hydrogen-bond donors (Lipinski definition) is 1. The maximum absolute atomic E-state index is 12.5. The number of terminal acetylenes is 1. The zero-order chi connectivity index (χ0) is 25.7. The summed E-state index contributed by atoms with van der Waals surface area (Å²) in [5, 5.41) is 12.4. The number of piperidine rings is 1. The molecule has 1 aliphatic heterocycles. The van der Waals surface area contributed by atoms with Crippen LogP contribution in [0.3, 0.4) is 0 Å². The number of carbonyl (C=O) groups is 1. The molecule has 2 aromatic rings. The predicted octanol–water partition coefficient (Wildman–Crippen LogP) is 4.58. The summed E-state index contributed by atoms with van der Waals surface area (Å²) in [6.45, 7) is 9.40. The zero-order valence-corrected chi connectivity index (χ0v) is 21.5. The monoisotopic (exact) mass is 493 g/mol. The Morgan fingerprint density at radius 1 is 1.25 bits per heavy atom. The minimum absolute atomic E-state index is 0.0194. The molecule has 36 heavy (non-hydrogen) atoms. The molecule has 1 aromatic carbocycles. The summed E-state index contributed by atoms with van der Waals surface area (Å²) < 4.78 is 16.8. The van der Waals surface area contributed by atoms with E-state index < -0.39 is 5.60 Å². The number of rotatable bonds is 8. The summed E-state index contributed by atoms with van der Waals surface area (Å²) in [5.41, 5.74) is 2.56. The van der Waals surface area contributed by atoms with E-state index in [1.807, 2.05) is 45.9 Å². The number of likely N-dealkylation sites (tertiary alicyclic amines) is 1. The quantitative estimate of drug-likeness (QED) is 0.324. The first-order chi connectivity index (χ1) is 17.3. The number of anilines is 1. The molecule has 1 aromatic heterocycles. The van der Waals surface area contributed by atoms with Gasteiger partial charge < -0.3 is 24.4 Å². The molecule has 9 heteroatoms. The van der Waals surface area contributed by atoms with Gasteiger partial charge in [0.05, 0.1) is 5.69 Å². The standard InChI is InChI=1S/C27H35N5O4/c1-6-18-10-13-21(22(15-18)35-17-34-7-2)24-23(19-11-12-19)29-25(31-30-24)28-20-9-8-14-32(16-20)26(33)36-27(3,4)5/h1,10,13,15,19-20H,7-9,11-12,14,16-17H2,2-5H3,(H,28,29,31)/t20-/m1/s1. The number of nitrogens with zero attached hydrogens (tertiary/aromatic N) is 4. The fourth-order valence-corrected chi connectivity index (χ4v) is 4.12. The van der Waals surface area contributed by atoms with Crippen LogP contribution in [0, 0.1) is 12.3 Å². The third kappa shape index (κ3) is 6.64. The maximum atomic E-state index is 12.5. The van der Waals surface area contributed by atoms with Crippen molar-refractivity contribution in [3.63, 3.8) is 0 Å². The molecule has 0 radical (unpaired) electrons. The lowest BCUT2D eigenvalue weighted by Crippen LogP contribution is -2.47. The van der Waals surface area contributed by atoms with Gasteiger partial charge in [0.2, 0.25) is 5.95 Å². The first kappa shape index (κ1) is 25.7. The maximum Gasteiger partial charge on any atom is 0.410 e. The molecule has 2 heterocycles. The van der Waals surface area contributed by atoms with Crippen LogP contribution in [-0.4, -0.2) is 64.3 Å². The van der Waals surface area contributed by atoms with Gasteiger partial charge in [0.25, 0.3) is 0 Å². The summed E-state index contributed by atoms with van der Waals surface area (Å²) in [6, 6.07) is 5.60. The van der Waals surface area contributed by atoms with Gasteiger partial charge in [-0.05, 0) is 71.6 Å². The number of carbonyl (C=O) groups excluding carboxylic acids is 1. The van der Waals surface area contributed by atoms with Gasteiger partial charge in [0.1, 0.15) is 17.0 Å². The Morgan fingerprint density at radius 3 is 2.75 bits per heavy atom. The van der Waals surface area contributed by atoms with E-state index in [0.717, 1.165) is 36.9 Å². The largest absolute Gasteiger partial charge is 0.467 e. The average Bonchev–Trinajstić information content (AvgIpc) is 3.69. The van der Waals surface area contributed by atoms with Crippen molar-refractivity contribution in [2.75, 3.05) is 31.8 Å². The molecule has 1 saturated carbocycles. The summed E-state index contributed by atoms with van der Waals surface area (Å²) >= 11 is 0. The molecule has 1 saturated heterocycles. The Morgan fingerprint density at radius 2 is 2.06 bits per heavy atom. The van der Waals surface area contributed by atoms with Gasteiger partial charge in [-0.1, -0.05) is 5.92 Å². The number of hydrogen-bond acceptors (Lipinski definition) is 8. The smallest absolute Gasteiger partial charge is 0.410 e. The van der Waals surface area contributed by atoms with Crippen molar-refractivity contribution in [2.45, 2.75) is 70.9 Å². The third-order valence-corrected chi connectivity index (χ3v) is 5.99. The Bertz CT molecular complexity index is 1120. The lowest BCUT2D eigenvalue weighted by molar-refractivity contribution is 0.0205. The highest BCUT2D eigenvalue weighted by atomic mass is 16.7. The number of benzene rings is 1. The Labute approximate surface area is 212 Å². The number of ether oxygens (including phenoxy) is 3. The summed E-state index contributed by atoms with van der Waals surface area (Å²) in [4.78, 5) is 19.1. The van der Waals surface area contributed by atoms with E-state index in [-0.39, 0.29) is 18.9 Å². The Kier molecular flexibility index (Phi) is 7.94. The van der Waals surface area contributed by atoms with Crippen LogP contribution < -0.4 is 10.1 Å². The highest BCUT2D eigenvalue weighted by molar-refractivity contribution is 5.71. The van der Waals surface area contributed by atoms with Gasteiger partial charge in [-0.2, -0.15) is 0 Å². The molecule has 1 amide bonds. The minimum Gasteiger partial charge on any atom is -0.467 e. The van der Waals surface area contributed by atoms with E-state index in [2.05, 4.69) is 21.4 Å². The molecule has 0 bridgehead atoms. The molecular weight excluding hydrogens is 458 g/mol. The highest BCUT2D eigenvalue weighted by Crippen LogP contribution is 2.44. The highest BCUT2D eigenvalue weighted by Gasteiger charge is 2.32. The van der Waals surface area contributed by atoms with Crippen LogP contribution >= 0.6 is 0 Å². The molecule has 192 valence electrons. The van der Waals surface area contributed by atoms with Gasteiger partial charge in [-0.25, -0.2) is 9.78 Å². The van der Waals surface area contributed by atoms with Gasteiger partial charge in [-0.3, -0.25) is 0 Å². The Hall–Kier alpha value is -3.38. The van der Waals surface area contributed by atoms with E-state index in [4.69, 9.17) is 25.6 Å². The van der Waals surface area contributed by atoms with Crippen molar-refractivity contribution in [2.24, 2.45) is 0 Å². The van der Waals surface area contributed by atoms with E-state index in [1.165, 1.54) is 0 Å². The van der Waals surface area contributed by atoms with Crippen LogP contribution in [-0.2, 0) is 9.47 Å². The van der Waals surface area contributed by atoms with Gasteiger partial charge >= 0.3 is 6.09 Å². The summed E-state index contributed by atoms with van der Waals surface area (Å²) in [7, 11) is 0. The first-order valence-corrected chi connectivity index (χ1v) is 12.6. The van der Waals surface area contributed by atoms with Crippen LogP contribution in [0.1, 0.15) is 70.6 Å². The van der Waals surface area contributed by atoms with Crippen molar-refractivity contribution in [3.05, 3.63) is 29.5 Å². The molecular formula is C27H35N5O4. The van der Waals surface area contributed by atoms with Crippen LogP contribution in [0.5, 0.6) is 5.75 Å². The van der Waals surface area contributed by atoms with Crippen molar-refractivity contribution >= 4 is 12.0 Å². The third-order valence-electron chi connectivity index (χ3n) is 5.99. The Balaban J connectivity index is 1.54. The topological polar surface area (TPSA) is 98.7 Å². The predicted molar refractivity (Wildman–Crippen MR) is 137 cm³/mol. The second kappa shape index (κ2) is 11.1. The minimum atomic E-state index is -0.525. The number of aromatic nitrogens is 3. The lowest BCUT2D eigenvalue weighted by atomic mass is 10.0. The van der Waals surface area contributed by atoms with Crippen molar-refractivity contribution < 1.29 is 19.0 Å². The van der Waals surface area contributed by atoms with Gasteiger partial charge in [0.15, 0.2) is 6.79 Å². The van der Waals surface area contributed by atoms with E-state index in [9.17, 15) is 4.79 Å². The second-order valence-electron chi connectivity index (χ2n) is 10.2. The summed E-state index contributed by atoms with van der Waals surface area (Å²) in [6.07, 6.45) is 9.20. The summed E-state index contributed by atoms with van der Waals surface area (Å²) in [5.74, 6) is 4.03. The molecule has 0 spiro atoms. The normalized spacial score (nSPS) is 17.9. The van der Waals surface area contributed by atoms with Crippen LogP contribution in [0.25, 0.3) is 11.3 Å². The van der Waals surface area contributed by atoms with Crippen molar-refractivity contribution in [1.82, 2.24) is 20.1 Å². The molecule has 1 aliphatic carbocycles. The molecule has 4 rings (SSSR count).